The van der Waals surface area contributed by atoms with Crippen LogP contribution in [0.15, 0.2) is 41.5 Å². The average Bonchev–Trinajstić information content (AvgIpc) is 3.35. The van der Waals surface area contributed by atoms with Gasteiger partial charge in [-0.15, -0.1) is 0 Å². The molecule has 0 spiro atoms. The number of aryl methyl sites for hydroxylation is 1. The van der Waals surface area contributed by atoms with E-state index in [4.69, 9.17) is 0 Å². The minimum atomic E-state index is -0.285. The lowest BCUT2D eigenvalue weighted by Gasteiger charge is -2.21. The highest BCUT2D eigenvalue weighted by Gasteiger charge is 2.34. The Morgan fingerprint density at radius 2 is 2.08 bits per heavy atom. The molecule has 2 heterocycles. The van der Waals surface area contributed by atoms with Crippen LogP contribution in [0.3, 0.4) is 0 Å². The van der Waals surface area contributed by atoms with Crippen molar-refractivity contribution in [3.05, 3.63) is 58.3 Å². The highest BCUT2D eigenvalue weighted by Crippen LogP contribution is 2.30. The van der Waals surface area contributed by atoms with Crippen molar-refractivity contribution in [2.45, 2.75) is 25.4 Å². The molecule has 1 aromatic carbocycles. The van der Waals surface area contributed by atoms with Gasteiger partial charge in [0, 0.05) is 36.8 Å². The zero-order valence-corrected chi connectivity index (χ0v) is 13.3. The molecule has 1 aliphatic rings. The predicted molar refractivity (Wildman–Crippen MR) is 88.5 cm³/mol. The van der Waals surface area contributed by atoms with Gasteiger partial charge in [0.15, 0.2) is 5.69 Å². The zero-order chi connectivity index (χ0) is 16.7. The van der Waals surface area contributed by atoms with E-state index >= 15 is 0 Å². The molecule has 0 bridgehead atoms. The van der Waals surface area contributed by atoms with Crippen LogP contribution < -0.4 is 5.56 Å². The maximum atomic E-state index is 13.1. The van der Waals surface area contributed by atoms with E-state index in [9.17, 15) is 9.59 Å². The van der Waals surface area contributed by atoms with Crippen molar-refractivity contribution in [3.63, 3.8) is 0 Å². The second kappa shape index (κ2) is 5.59. The Hall–Kier alpha value is -2.96. The van der Waals surface area contributed by atoms with Gasteiger partial charge in [0.05, 0.1) is 11.6 Å². The van der Waals surface area contributed by atoms with Crippen molar-refractivity contribution in [1.82, 2.24) is 24.9 Å². The van der Waals surface area contributed by atoms with Crippen LogP contribution >= 0.6 is 0 Å². The molecule has 0 radical (unpaired) electrons. The van der Waals surface area contributed by atoms with Crippen LogP contribution in [0.1, 0.15) is 28.9 Å². The molecule has 1 fully saturated rings. The van der Waals surface area contributed by atoms with Crippen molar-refractivity contribution in [3.8, 4) is 0 Å². The van der Waals surface area contributed by atoms with E-state index in [-0.39, 0.29) is 17.5 Å². The van der Waals surface area contributed by atoms with Gasteiger partial charge >= 0.3 is 0 Å². The smallest absolute Gasteiger partial charge is 0.275 e. The summed E-state index contributed by atoms with van der Waals surface area (Å²) in [4.78, 5) is 26.8. The Bertz CT molecular complexity index is 970. The lowest BCUT2D eigenvalue weighted by Crippen LogP contribution is -2.34. The van der Waals surface area contributed by atoms with Gasteiger partial charge < -0.3 is 4.90 Å². The molecule has 1 N–H and O–H groups in total. The highest BCUT2D eigenvalue weighted by atomic mass is 16.2. The molecule has 7 heteroatoms. The van der Waals surface area contributed by atoms with E-state index in [2.05, 4.69) is 15.3 Å². The quantitative estimate of drug-likeness (QED) is 0.788. The summed E-state index contributed by atoms with van der Waals surface area (Å²) in [5, 5.41) is 11.7. The fourth-order valence-electron chi connectivity index (χ4n) is 2.92. The van der Waals surface area contributed by atoms with Crippen LogP contribution in [0.5, 0.6) is 0 Å². The topological polar surface area (TPSA) is 83.9 Å². The van der Waals surface area contributed by atoms with Gasteiger partial charge in [-0.3, -0.25) is 14.3 Å². The maximum Gasteiger partial charge on any atom is 0.275 e. The molecule has 0 aliphatic heterocycles. The van der Waals surface area contributed by atoms with Crippen LogP contribution in [0.25, 0.3) is 10.8 Å². The van der Waals surface area contributed by atoms with E-state index < -0.39 is 0 Å². The fourth-order valence-corrected chi connectivity index (χ4v) is 2.92. The summed E-state index contributed by atoms with van der Waals surface area (Å²) in [5.74, 6) is -0.159. The Balaban J connectivity index is 1.73. The first-order valence-electron chi connectivity index (χ1n) is 7.89. The normalized spacial score (nSPS) is 14.0. The number of benzene rings is 1. The summed E-state index contributed by atoms with van der Waals surface area (Å²) >= 11 is 0. The molecule has 2 aromatic heterocycles. The number of nitrogens with one attached hydrogen (secondary N) is 1. The average molecular weight is 323 g/mol. The number of carbonyl (C=O) groups excluding carboxylic acids is 1. The molecular formula is C17H17N5O2. The molecule has 0 atom stereocenters. The Labute approximate surface area is 137 Å². The number of aromatic amines is 1. The first kappa shape index (κ1) is 14.6. The minimum Gasteiger partial charge on any atom is -0.330 e. The molecule has 0 unspecified atom stereocenters. The molecule has 4 rings (SSSR count). The predicted octanol–water partition coefficient (Wildman–Crippen LogP) is 1.46. The summed E-state index contributed by atoms with van der Waals surface area (Å²) in [6.45, 7) is 0.493. The SMILES string of the molecule is Cn1cc(CN(C(=O)c2n[nH]c(=O)c3ccccc23)C2CC2)cn1. The van der Waals surface area contributed by atoms with Gasteiger partial charge in [-0.1, -0.05) is 18.2 Å². The van der Waals surface area contributed by atoms with E-state index in [0.29, 0.717) is 23.0 Å². The summed E-state index contributed by atoms with van der Waals surface area (Å²) in [7, 11) is 1.85. The molecule has 24 heavy (non-hydrogen) atoms. The number of carbonyl (C=O) groups is 1. The van der Waals surface area contributed by atoms with E-state index in [1.165, 1.54) is 0 Å². The largest absolute Gasteiger partial charge is 0.330 e. The summed E-state index contributed by atoms with van der Waals surface area (Å²) in [5.41, 5.74) is 0.986. The second-order valence-electron chi connectivity index (χ2n) is 6.13. The van der Waals surface area contributed by atoms with E-state index in [1.54, 1.807) is 29.1 Å². The number of hydrogen-bond acceptors (Lipinski definition) is 4. The molecule has 0 saturated heterocycles. The number of aromatic nitrogens is 4. The monoisotopic (exact) mass is 323 g/mol. The molecule has 1 amide bonds. The van der Waals surface area contributed by atoms with Crippen LogP contribution in [0.2, 0.25) is 0 Å². The van der Waals surface area contributed by atoms with Crippen LogP contribution in [-0.2, 0) is 13.6 Å². The van der Waals surface area contributed by atoms with Gasteiger partial charge in [0.1, 0.15) is 0 Å². The maximum absolute atomic E-state index is 13.1. The van der Waals surface area contributed by atoms with Gasteiger partial charge in [-0.25, -0.2) is 5.10 Å². The summed E-state index contributed by atoms with van der Waals surface area (Å²) in [6.07, 6.45) is 5.66. The van der Waals surface area contributed by atoms with Gasteiger partial charge in [-0.05, 0) is 18.9 Å². The van der Waals surface area contributed by atoms with Crippen molar-refractivity contribution in [2.75, 3.05) is 0 Å². The molecule has 1 saturated carbocycles. The Kier molecular flexibility index (Phi) is 3.41. The molecule has 3 aromatic rings. The van der Waals surface area contributed by atoms with Crippen molar-refractivity contribution < 1.29 is 4.79 Å². The number of rotatable bonds is 4. The van der Waals surface area contributed by atoms with Crippen molar-refractivity contribution in [2.24, 2.45) is 7.05 Å². The third-order valence-corrected chi connectivity index (χ3v) is 4.26. The van der Waals surface area contributed by atoms with E-state index in [1.807, 2.05) is 24.2 Å². The molecule has 7 nitrogen and oxygen atoms in total. The number of nitrogens with zero attached hydrogens (tertiary/aromatic N) is 4. The Morgan fingerprint density at radius 3 is 2.75 bits per heavy atom. The van der Waals surface area contributed by atoms with Gasteiger partial charge in [-0.2, -0.15) is 10.2 Å². The molecule has 1 aliphatic carbocycles. The lowest BCUT2D eigenvalue weighted by atomic mass is 10.1. The first-order valence-corrected chi connectivity index (χ1v) is 7.89. The fraction of sp³-hybridized carbons (Fsp3) is 0.294. The van der Waals surface area contributed by atoms with Crippen LogP contribution in [-0.4, -0.2) is 36.8 Å². The third-order valence-electron chi connectivity index (χ3n) is 4.26. The number of hydrogen-bond donors (Lipinski definition) is 1. The summed E-state index contributed by atoms with van der Waals surface area (Å²) in [6, 6.07) is 7.28. The number of H-pyrrole nitrogens is 1. The van der Waals surface area contributed by atoms with Crippen LogP contribution in [0, 0.1) is 0 Å². The van der Waals surface area contributed by atoms with Gasteiger partial charge in [0.2, 0.25) is 0 Å². The number of amides is 1. The second-order valence-corrected chi connectivity index (χ2v) is 6.13. The summed E-state index contributed by atoms with van der Waals surface area (Å²) < 4.78 is 1.72. The zero-order valence-electron chi connectivity index (χ0n) is 13.3. The molecule has 122 valence electrons. The Morgan fingerprint density at radius 1 is 1.33 bits per heavy atom. The first-order chi connectivity index (χ1) is 11.6. The van der Waals surface area contributed by atoms with Gasteiger partial charge in [0.25, 0.3) is 11.5 Å². The lowest BCUT2D eigenvalue weighted by molar-refractivity contribution is 0.0725. The third kappa shape index (κ3) is 2.58. The van der Waals surface area contributed by atoms with Crippen molar-refractivity contribution >= 4 is 16.7 Å². The minimum absolute atomic E-state index is 0.159. The highest BCUT2D eigenvalue weighted by molar-refractivity contribution is 6.04. The van der Waals surface area contributed by atoms with Crippen LogP contribution in [0.4, 0.5) is 0 Å². The van der Waals surface area contributed by atoms with Crippen molar-refractivity contribution in [1.29, 1.82) is 0 Å². The van der Waals surface area contributed by atoms with E-state index in [0.717, 1.165) is 18.4 Å². The number of fused-ring (bicyclic) bond motifs is 1. The standard InChI is InChI=1S/C17H17N5O2/c1-21-9-11(8-18-21)10-22(12-6-7-12)17(24)15-13-4-2-3-5-14(13)16(23)20-19-15/h2-5,8-9,12H,6-7,10H2,1H3,(H,20,23). The molecular weight excluding hydrogens is 306 g/mol.